The second-order valence-electron chi connectivity index (χ2n) is 10.4. The van der Waals surface area contributed by atoms with Crippen LogP contribution in [0.1, 0.15) is 66.9 Å². The fourth-order valence-corrected chi connectivity index (χ4v) is 4.71. The van der Waals surface area contributed by atoms with E-state index >= 15 is 0 Å². The van der Waals surface area contributed by atoms with Crippen molar-refractivity contribution in [3.8, 4) is 5.75 Å². The molecule has 0 bridgehead atoms. The average Bonchev–Trinajstić information content (AvgIpc) is 3.22. The largest absolute Gasteiger partial charge is 0.508 e. The molecule has 1 fully saturated rings. The number of unbranched alkanes of at least 4 members (excludes halogenated alkanes) is 4. The molecule has 0 spiro atoms. The second kappa shape index (κ2) is 17.3. The summed E-state index contributed by atoms with van der Waals surface area (Å²) in [5, 5.41) is 37.0. The number of ether oxygens (including phenoxy) is 1. The van der Waals surface area contributed by atoms with E-state index in [0.717, 1.165) is 74.1 Å². The summed E-state index contributed by atoms with van der Waals surface area (Å²) in [6, 6.07) is 11.1. The predicted octanol–water partition coefficient (Wildman–Crippen LogP) is 2.15. The van der Waals surface area contributed by atoms with E-state index in [9.17, 15) is 29.7 Å². The number of nitrogens with one attached hydrogen (secondary N) is 3. The van der Waals surface area contributed by atoms with Crippen LogP contribution in [0.2, 0.25) is 0 Å². The van der Waals surface area contributed by atoms with Gasteiger partial charge in [-0.1, -0.05) is 43.2 Å². The summed E-state index contributed by atoms with van der Waals surface area (Å²) in [6.45, 7) is 2.49. The molecule has 8 N–H and O–H groups in total. The van der Waals surface area contributed by atoms with Crippen molar-refractivity contribution in [1.29, 1.82) is 0 Å². The Morgan fingerprint density at radius 1 is 1.02 bits per heavy atom. The average molecular weight is 586 g/mol. The van der Waals surface area contributed by atoms with Crippen molar-refractivity contribution >= 4 is 18.0 Å². The first-order valence-electron chi connectivity index (χ1n) is 14.4. The number of nitrogens with zero attached hydrogens (tertiary/aromatic N) is 1. The van der Waals surface area contributed by atoms with Crippen molar-refractivity contribution in [1.82, 2.24) is 20.9 Å². The van der Waals surface area contributed by atoms with E-state index in [2.05, 4.69) is 16.0 Å². The number of carbonyl (C=O) groups excluding carboxylic acids is 3. The molecule has 2 aromatic rings. The van der Waals surface area contributed by atoms with Gasteiger partial charge in [-0.2, -0.15) is 0 Å². The number of imide groups is 1. The molecular formula is C30H43N5O7. The third-order valence-electron chi connectivity index (χ3n) is 7.04. The highest BCUT2D eigenvalue weighted by atomic mass is 16.5. The Hall–Kier alpha value is -3.71. The van der Waals surface area contributed by atoms with E-state index in [-0.39, 0.29) is 18.9 Å². The summed E-state index contributed by atoms with van der Waals surface area (Å²) in [6.07, 6.45) is 5.08. The zero-order chi connectivity index (χ0) is 30.3. The van der Waals surface area contributed by atoms with Crippen molar-refractivity contribution in [2.24, 2.45) is 5.73 Å². The number of benzene rings is 2. The molecule has 0 aromatic heterocycles. The maximum Gasteiger partial charge on any atom is 0.326 e. The first-order chi connectivity index (χ1) is 20.3. The predicted molar refractivity (Wildman–Crippen MR) is 156 cm³/mol. The Morgan fingerprint density at radius 2 is 1.76 bits per heavy atom. The standard InChI is InChI=1S/C30H43N5O7/c31-29(40)33-27-28(39)35(30(41)34-27)19-22-10-7-9-21(16-22)8-3-6-15-42-14-5-2-1-4-13-32-18-26(38)23-11-12-25(37)24(17-23)20-36/h7,9-12,16-17,26-27,32,36-38H,1-6,8,13-15,18-20H2,(H,34,41)(H3,31,33,40)/t26-,27?/m1/s1. The first-order valence-corrected chi connectivity index (χ1v) is 14.4. The van der Waals surface area contributed by atoms with Crippen molar-refractivity contribution in [3.63, 3.8) is 0 Å². The number of nitrogens with two attached hydrogens (primary N) is 1. The maximum atomic E-state index is 12.4. The topological polar surface area (TPSA) is 186 Å². The van der Waals surface area contributed by atoms with Gasteiger partial charge in [0.2, 0.25) is 0 Å². The number of phenols is 1. The minimum Gasteiger partial charge on any atom is -0.508 e. The van der Waals surface area contributed by atoms with Crippen LogP contribution in [-0.2, 0) is 29.1 Å². The fourth-order valence-electron chi connectivity index (χ4n) is 4.71. The fraction of sp³-hybridized carbons (Fsp3) is 0.500. The Balaban J connectivity index is 1.19. The minimum atomic E-state index is -1.14. The van der Waals surface area contributed by atoms with Gasteiger partial charge in [0.1, 0.15) is 5.75 Å². The molecule has 3 rings (SSSR count). The third kappa shape index (κ3) is 10.6. The van der Waals surface area contributed by atoms with Crippen molar-refractivity contribution < 1.29 is 34.4 Å². The molecule has 1 aliphatic heterocycles. The van der Waals surface area contributed by atoms with E-state index in [1.165, 1.54) is 6.07 Å². The van der Waals surface area contributed by atoms with Gasteiger partial charge in [0.05, 0.1) is 19.3 Å². The number of rotatable bonds is 19. The number of aryl methyl sites for hydroxylation is 1. The molecule has 42 heavy (non-hydrogen) atoms. The van der Waals surface area contributed by atoms with Gasteiger partial charge in [-0.25, -0.2) is 9.59 Å². The van der Waals surface area contributed by atoms with Crippen LogP contribution in [0.25, 0.3) is 0 Å². The van der Waals surface area contributed by atoms with E-state index in [4.69, 9.17) is 10.5 Å². The monoisotopic (exact) mass is 585 g/mol. The molecule has 0 radical (unpaired) electrons. The summed E-state index contributed by atoms with van der Waals surface area (Å²) >= 11 is 0. The number of hydrogen-bond donors (Lipinski definition) is 7. The van der Waals surface area contributed by atoms with Crippen LogP contribution in [0.4, 0.5) is 9.59 Å². The normalized spacial score (nSPS) is 15.6. The number of aliphatic hydroxyl groups is 2. The molecule has 2 atom stereocenters. The van der Waals surface area contributed by atoms with Gasteiger partial charge in [-0.3, -0.25) is 9.69 Å². The number of urea groups is 2. The molecule has 1 unspecified atom stereocenters. The molecule has 230 valence electrons. The maximum absolute atomic E-state index is 12.4. The van der Waals surface area contributed by atoms with Gasteiger partial charge >= 0.3 is 12.1 Å². The molecule has 1 heterocycles. The van der Waals surface area contributed by atoms with Gasteiger partial charge in [0.15, 0.2) is 6.17 Å². The van der Waals surface area contributed by atoms with Crippen LogP contribution in [0.3, 0.4) is 0 Å². The van der Waals surface area contributed by atoms with E-state index in [0.29, 0.717) is 24.3 Å². The van der Waals surface area contributed by atoms with Crippen LogP contribution in [0, 0.1) is 0 Å². The number of primary amides is 1. The highest BCUT2D eigenvalue weighted by molar-refractivity contribution is 6.05. The minimum absolute atomic E-state index is 0.0249. The van der Waals surface area contributed by atoms with Gasteiger partial charge in [0, 0.05) is 25.3 Å². The molecule has 5 amide bonds. The molecule has 1 saturated heterocycles. The summed E-state index contributed by atoms with van der Waals surface area (Å²) in [5.41, 5.74) is 8.06. The number of aliphatic hydroxyl groups excluding tert-OH is 2. The molecule has 12 nitrogen and oxygen atoms in total. The summed E-state index contributed by atoms with van der Waals surface area (Å²) < 4.78 is 5.77. The lowest BCUT2D eigenvalue weighted by atomic mass is 10.1. The third-order valence-corrected chi connectivity index (χ3v) is 7.04. The molecule has 2 aromatic carbocycles. The van der Waals surface area contributed by atoms with E-state index < -0.39 is 30.2 Å². The van der Waals surface area contributed by atoms with E-state index in [1.54, 1.807) is 12.1 Å². The highest BCUT2D eigenvalue weighted by Gasteiger charge is 2.38. The Bertz CT molecular complexity index is 1180. The molecule has 0 saturated carbocycles. The zero-order valence-corrected chi connectivity index (χ0v) is 23.9. The molecule has 1 aliphatic rings. The molecule has 0 aliphatic carbocycles. The lowest BCUT2D eigenvalue weighted by molar-refractivity contribution is -0.128. The van der Waals surface area contributed by atoms with Crippen LogP contribution >= 0.6 is 0 Å². The van der Waals surface area contributed by atoms with Crippen LogP contribution in [0.5, 0.6) is 5.75 Å². The van der Waals surface area contributed by atoms with Gasteiger partial charge < -0.3 is 41.7 Å². The Morgan fingerprint density at radius 3 is 2.52 bits per heavy atom. The van der Waals surface area contributed by atoms with Gasteiger partial charge in [-0.05, 0) is 67.5 Å². The number of hydrogen-bond acceptors (Lipinski definition) is 8. The second-order valence-corrected chi connectivity index (χ2v) is 10.4. The lowest BCUT2D eigenvalue weighted by Crippen LogP contribution is -2.48. The summed E-state index contributed by atoms with van der Waals surface area (Å²) in [7, 11) is 0. The van der Waals surface area contributed by atoms with Gasteiger partial charge in [-0.15, -0.1) is 0 Å². The lowest BCUT2D eigenvalue weighted by Gasteiger charge is -2.14. The van der Waals surface area contributed by atoms with Crippen molar-refractivity contribution in [2.75, 3.05) is 26.3 Å². The highest BCUT2D eigenvalue weighted by Crippen LogP contribution is 2.22. The Labute approximate surface area is 246 Å². The molecular weight excluding hydrogens is 542 g/mol. The Kier molecular flexibility index (Phi) is 13.5. The summed E-state index contributed by atoms with van der Waals surface area (Å²) in [5.74, 6) is -0.518. The SMILES string of the molecule is NC(=O)NC1NC(=O)N(Cc2cccc(CCCCOCCCCCCNC[C@@H](O)c3ccc(O)c(CO)c3)c2)C1=O. The first kappa shape index (κ1) is 32.8. The number of aromatic hydroxyl groups is 1. The van der Waals surface area contributed by atoms with Crippen LogP contribution in [-0.4, -0.2) is 70.7 Å². The van der Waals surface area contributed by atoms with Crippen LogP contribution in [0.15, 0.2) is 42.5 Å². The smallest absolute Gasteiger partial charge is 0.326 e. The number of carbonyl (C=O) groups is 3. The van der Waals surface area contributed by atoms with Gasteiger partial charge in [0.25, 0.3) is 5.91 Å². The summed E-state index contributed by atoms with van der Waals surface area (Å²) in [4.78, 5) is 36.6. The van der Waals surface area contributed by atoms with Crippen LogP contribution < -0.4 is 21.7 Å². The van der Waals surface area contributed by atoms with Crippen molar-refractivity contribution in [3.05, 3.63) is 64.7 Å². The quantitative estimate of drug-likeness (QED) is 0.0965. The molecule has 12 heteroatoms. The van der Waals surface area contributed by atoms with Crippen molar-refractivity contribution in [2.45, 2.75) is 70.4 Å². The number of amides is 5. The zero-order valence-electron chi connectivity index (χ0n) is 23.9. The van der Waals surface area contributed by atoms with E-state index in [1.807, 2.05) is 24.3 Å².